The molecule has 1 unspecified atom stereocenters. The van der Waals surface area contributed by atoms with Crippen molar-refractivity contribution in [2.24, 2.45) is 21.9 Å². The van der Waals surface area contributed by atoms with Crippen LogP contribution >= 0.6 is 0 Å². The van der Waals surface area contributed by atoms with Gasteiger partial charge in [-0.1, -0.05) is 19.1 Å². The molecule has 1 atom stereocenters. The number of aryl methyl sites for hydroxylation is 2. The highest BCUT2D eigenvalue weighted by molar-refractivity contribution is 7.92. The quantitative estimate of drug-likeness (QED) is 0.312. The van der Waals surface area contributed by atoms with E-state index in [1.165, 1.54) is 11.6 Å². The van der Waals surface area contributed by atoms with Crippen molar-refractivity contribution in [2.75, 3.05) is 18.0 Å². The molecule has 1 aliphatic carbocycles. The van der Waals surface area contributed by atoms with Gasteiger partial charge < -0.3 is 15.7 Å². The summed E-state index contributed by atoms with van der Waals surface area (Å²) < 4.78 is 35.5. The number of ether oxygens (including phenoxy) is 1. The largest absolute Gasteiger partial charge is 0.487 e. The molecule has 2 aliphatic rings. The standard InChI is InChI=1S/C26H34N4O4S/c1-4-18-5-10-25-20(13-18)8-11-24(19-6-7-19)30(25)35(32,33)22-9-12-26(21(14-22)15-31)34-16-23(29-27)17(2)28-3/h5,9-10,12-14,19,24,31H,4,6-8,11,15-16,27H2,1-3H3. The van der Waals surface area contributed by atoms with Crippen molar-refractivity contribution in [3.8, 4) is 5.75 Å². The Hall–Kier alpha value is -2.91. The zero-order valence-electron chi connectivity index (χ0n) is 20.6. The maximum absolute atomic E-state index is 14.0. The predicted molar refractivity (Wildman–Crippen MR) is 139 cm³/mol. The first kappa shape index (κ1) is 25.2. The molecule has 0 aromatic heterocycles. The Balaban J connectivity index is 1.68. The van der Waals surface area contributed by atoms with Crippen LogP contribution in [0.25, 0.3) is 0 Å². The Kier molecular flexibility index (Phi) is 7.47. The number of aliphatic imine (C=N–C) groups is 1. The Morgan fingerprint density at radius 3 is 2.60 bits per heavy atom. The van der Waals surface area contributed by atoms with Crippen molar-refractivity contribution >= 4 is 27.1 Å². The lowest BCUT2D eigenvalue weighted by Gasteiger charge is -2.38. The van der Waals surface area contributed by atoms with Crippen LogP contribution < -0.4 is 14.9 Å². The zero-order valence-corrected chi connectivity index (χ0v) is 21.4. The molecular formula is C26H34N4O4S. The number of fused-ring (bicyclic) bond motifs is 1. The zero-order chi connectivity index (χ0) is 25.2. The normalized spacial score (nSPS) is 19.0. The van der Waals surface area contributed by atoms with E-state index in [9.17, 15) is 13.5 Å². The fourth-order valence-electron chi connectivity index (χ4n) is 4.69. The summed E-state index contributed by atoms with van der Waals surface area (Å²) in [6, 6.07) is 10.7. The van der Waals surface area contributed by atoms with Gasteiger partial charge in [-0.05, 0) is 80.3 Å². The van der Waals surface area contributed by atoms with Gasteiger partial charge in [0.1, 0.15) is 18.1 Å². The molecule has 1 heterocycles. The summed E-state index contributed by atoms with van der Waals surface area (Å²) in [6.45, 7) is 3.57. The van der Waals surface area contributed by atoms with Crippen molar-refractivity contribution < 1.29 is 18.3 Å². The van der Waals surface area contributed by atoms with E-state index in [2.05, 4.69) is 23.1 Å². The number of aliphatic hydroxyl groups is 1. The van der Waals surface area contributed by atoms with Gasteiger partial charge in [-0.3, -0.25) is 9.30 Å². The molecule has 0 radical (unpaired) electrons. The van der Waals surface area contributed by atoms with Crippen molar-refractivity contribution in [1.29, 1.82) is 0 Å². The molecule has 2 aromatic carbocycles. The van der Waals surface area contributed by atoms with Gasteiger partial charge in [0.15, 0.2) is 0 Å². The number of hydrogen-bond donors (Lipinski definition) is 2. The maximum Gasteiger partial charge on any atom is 0.264 e. The first-order valence-corrected chi connectivity index (χ1v) is 13.5. The van der Waals surface area contributed by atoms with Crippen molar-refractivity contribution in [2.45, 2.75) is 63.5 Å². The third-order valence-electron chi connectivity index (χ3n) is 7.00. The molecule has 35 heavy (non-hydrogen) atoms. The van der Waals surface area contributed by atoms with Crippen LogP contribution in [0.2, 0.25) is 0 Å². The van der Waals surface area contributed by atoms with E-state index in [4.69, 9.17) is 10.6 Å². The summed E-state index contributed by atoms with van der Waals surface area (Å²) in [5, 5.41) is 13.7. The second kappa shape index (κ2) is 10.4. The highest BCUT2D eigenvalue weighted by Crippen LogP contribution is 2.45. The average Bonchev–Trinajstić information content (AvgIpc) is 3.73. The third-order valence-corrected chi connectivity index (χ3v) is 8.83. The fourth-order valence-corrected chi connectivity index (χ4v) is 6.52. The second-order valence-corrected chi connectivity index (χ2v) is 11.0. The highest BCUT2D eigenvalue weighted by Gasteiger charge is 2.43. The lowest BCUT2D eigenvalue weighted by atomic mass is 9.93. The van der Waals surface area contributed by atoms with E-state index in [1.54, 1.807) is 30.4 Å². The molecule has 4 rings (SSSR count). The number of nitrogens with two attached hydrogens (primary N) is 1. The Labute approximate surface area is 207 Å². The minimum Gasteiger partial charge on any atom is -0.487 e. The summed E-state index contributed by atoms with van der Waals surface area (Å²) >= 11 is 0. The molecular weight excluding hydrogens is 464 g/mol. The van der Waals surface area contributed by atoms with Crippen LogP contribution in [0.1, 0.15) is 49.8 Å². The third kappa shape index (κ3) is 5.06. The smallest absolute Gasteiger partial charge is 0.264 e. The summed E-state index contributed by atoms with van der Waals surface area (Å²) in [5.74, 6) is 6.21. The molecule has 2 aromatic rings. The van der Waals surface area contributed by atoms with E-state index < -0.39 is 10.0 Å². The number of sulfonamides is 1. The number of hydrogen-bond acceptors (Lipinski definition) is 7. The number of benzene rings is 2. The topological polar surface area (TPSA) is 118 Å². The van der Waals surface area contributed by atoms with Gasteiger partial charge >= 0.3 is 0 Å². The molecule has 8 nitrogen and oxygen atoms in total. The molecule has 1 saturated carbocycles. The lowest BCUT2D eigenvalue weighted by Crippen LogP contribution is -2.45. The Morgan fingerprint density at radius 1 is 1.20 bits per heavy atom. The van der Waals surface area contributed by atoms with Crippen LogP contribution in [0, 0.1) is 5.92 Å². The predicted octanol–water partition coefficient (Wildman–Crippen LogP) is 3.45. The Bertz CT molecular complexity index is 1250. The first-order chi connectivity index (χ1) is 16.8. The van der Waals surface area contributed by atoms with Gasteiger partial charge in [-0.2, -0.15) is 5.10 Å². The second-order valence-electron chi connectivity index (χ2n) is 9.16. The molecule has 1 aliphatic heterocycles. The van der Waals surface area contributed by atoms with Gasteiger partial charge in [-0.15, -0.1) is 0 Å². The van der Waals surface area contributed by atoms with E-state index in [1.807, 2.05) is 12.1 Å². The van der Waals surface area contributed by atoms with Gasteiger partial charge in [0, 0.05) is 18.7 Å². The summed E-state index contributed by atoms with van der Waals surface area (Å²) in [7, 11) is -2.21. The molecule has 3 N–H and O–H groups in total. The lowest BCUT2D eigenvalue weighted by molar-refractivity contribution is 0.271. The number of rotatable bonds is 9. The van der Waals surface area contributed by atoms with Crippen LogP contribution in [-0.2, 0) is 29.5 Å². The molecule has 188 valence electrons. The van der Waals surface area contributed by atoms with Gasteiger partial charge in [0.25, 0.3) is 10.0 Å². The SMILES string of the molecule is CCc1ccc2c(c1)CCC(C1CC1)N2S(=O)(=O)c1ccc(OCC(=NN)C(C)=NC)c(CO)c1. The van der Waals surface area contributed by atoms with Gasteiger partial charge in [0.2, 0.25) is 0 Å². The van der Waals surface area contributed by atoms with Crippen LogP contribution in [0.3, 0.4) is 0 Å². The molecule has 0 spiro atoms. The number of nitrogens with zero attached hydrogens (tertiary/aromatic N) is 3. The van der Waals surface area contributed by atoms with Crippen LogP contribution in [0.5, 0.6) is 5.75 Å². The highest BCUT2D eigenvalue weighted by atomic mass is 32.2. The first-order valence-electron chi connectivity index (χ1n) is 12.1. The summed E-state index contributed by atoms with van der Waals surface area (Å²) in [6.07, 6.45) is 4.72. The summed E-state index contributed by atoms with van der Waals surface area (Å²) in [5.41, 5.74) is 4.55. The van der Waals surface area contributed by atoms with E-state index in [0.29, 0.717) is 28.7 Å². The minimum absolute atomic E-state index is 0.0480. The average molecular weight is 499 g/mol. The van der Waals surface area contributed by atoms with Gasteiger partial charge in [0.05, 0.1) is 22.9 Å². The van der Waals surface area contributed by atoms with E-state index >= 15 is 0 Å². The van der Waals surface area contributed by atoms with Crippen molar-refractivity contribution in [1.82, 2.24) is 0 Å². The van der Waals surface area contributed by atoms with Crippen molar-refractivity contribution in [3.05, 3.63) is 53.1 Å². The minimum atomic E-state index is -3.85. The van der Waals surface area contributed by atoms with E-state index in [0.717, 1.165) is 43.4 Å². The molecule has 1 fully saturated rings. The number of aliphatic hydroxyl groups excluding tert-OH is 1. The fraction of sp³-hybridized carbons (Fsp3) is 0.462. The molecule has 0 bridgehead atoms. The monoisotopic (exact) mass is 498 g/mol. The van der Waals surface area contributed by atoms with Crippen molar-refractivity contribution in [3.63, 3.8) is 0 Å². The molecule has 9 heteroatoms. The molecule has 0 amide bonds. The number of anilines is 1. The number of hydrazone groups is 1. The summed E-state index contributed by atoms with van der Waals surface area (Å²) in [4.78, 5) is 4.20. The van der Waals surface area contributed by atoms with E-state index in [-0.39, 0.29) is 24.2 Å². The molecule has 0 saturated heterocycles. The van der Waals surface area contributed by atoms with Crippen LogP contribution in [0.4, 0.5) is 5.69 Å². The Morgan fingerprint density at radius 2 is 1.97 bits per heavy atom. The van der Waals surface area contributed by atoms with Gasteiger partial charge in [-0.25, -0.2) is 8.42 Å². The maximum atomic E-state index is 14.0. The van der Waals surface area contributed by atoms with Crippen LogP contribution in [0.15, 0.2) is 51.4 Å². The van der Waals surface area contributed by atoms with Crippen LogP contribution in [-0.4, -0.2) is 44.6 Å².